The minimum absolute atomic E-state index is 0.00287. The lowest BCUT2D eigenvalue weighted by Gasteiger charge is -2.34. The Hall–Kier alpha value is -3.34. The fourth-order valence-corrected chi connectivity index (χ4v) is 7.39. The van der Waals surface area contributed by atoms with Crippen LogP contribution in [0.5, 0.6) is 5.75 Å². The SMILES string of the molecule is CCOc1ccc(S(=O)(=O)N(CC(=O)N(Cc2c(Cl)cccc2Cl)[C@@H](CC)C(=O)NC2CCCCC2)c2ccc(F)cc2)cc1. The highest BCUT2D eigenvalue weighted by atomic mass is 35.5. The second kappa shape index (κ2) is 15.8. The van der Waals surface area contributed by atoms with Crippen LogP contribution < -0.4 is 14.4 Å². The lowest BCUT2D eigenvalue weighted by Crippen LogP contribution is -2.54. The molecule has 0 aromatic heterocycles. The first-order valence-electron chi connectivity index (χ1n) is 15.1. The van der Waals surface area contributed by atoms with Gasteiger partial charge in [0.1, 0.15) is 24.2 Å². The first kappa shape index (κ1) is 34.5. The molecule has 2 amide bonds. The summed E-state index contributed by atoms with van der Waals surface area (Å²) in [6.07, 6.45) is 5.09. The molecule has 0 unspecified atom stereocenters. The molecule has 8 nitrogen and oxygen atoms in total. The van der Waals surface area contributed by atoms with Crippen molar-refractivity contribution >= 4 is 50.7 Å². The van der Waals surface area contributed by atoms with Gasteiger partial charge in [0.15, 0.2) is 0 Å². The number of rotatable bonds is 13. The fraction of sp³-hybridized carbons (Fsp3) is 0.394. The molecule has 4 rings (SSSR count). The molecule has 0 saturated heterocycles. The number of hydrogen-bond acceptors (Lipinski definition) is 5. The number of carbonyl (C=O) groups excluding carboxylic acids is 2. The van der Waals surface area contributed by atoms with Crippen LogP contribution >= 0.6 is 23.2 Å². The zero-order valence-electron chi connectivity index (χ0n) is 25.3. The van der Waals surface area contributed by atoms with Crippen LogP contribution in [0.15, 0.2) is 71.6 Å². The Bertz CT molecular complexity index is 1550. The van der Waals surface area contributed by atoms with E-state index in [1.807, 2.05) is 6.92 Å². The van der Waals surface area contributed by atoms with Crippen molar-refractivity contribution in [1.29, 1.82) is 0 Å². The molecule has 242 valence electrons. The molecule has 3 aromatic carbocycles. The van der Waals surface area contributed by atoms with Gasteiger partial charge in [0.25, 0.3) is 10.0 Å². The highest BCUT2D eigenvalue weighted by molar-refractivity contribution is 7.92. The molecule has 1 aliphatic rings. The molecular formula is C33H38Cl2FN3O5S. The Morgan fingerprint density at radius 1 is 0.956 bits per heavy atom. The predicted molar refractivity (Wildman–Crippen MR) is 175 cm³/mol. The third-order valence-corrected chi connectivity index (χ3v) is 10.3. The van der Waals surface area contributed by atoms with Gasteiger partial charge in [-0.25, -0.2) is 12.8 Å². The van der Waals surface area contributed by atoms with Gasteiger partial charge in [-0.05, 0) is 86.8 Å². The molecule has 1 atom stereocenters. The largest absolute Gasteiger partial charge is 0.494 e. The minimum Gasteiger partial charge on any atom is -0.494 e. The van der Waals surface area contributed by atoms with Gasteiger partial charge >= 0.3 is 0 Å². The van der Waals surface area contributed by atoms with Crippen molar-refractivity contribution in [2.24, 2.45) is 0 Å². The van der Waals surface area contributed by atoms with E-state index in [1.165, 1.54) is 41.3 Å². The molecule has 12 heteroatoms. The van der Waals surface area contributed by atoms with Gasteiger partial charge < -0.3 is 15.0 Å². The molecule has 3 aromatic rings. The molecule has 1 fully saturated rings. The van der Waals surface area contributed by atoms with Crippen LogP contribution in [0.2, 0.25) is 10.0 Å². The molecule has 0 aliphatic heterocycles. The van der Waals surface area contributed by atoms with Crippen LogP contribution in [0.4, 0.5) is 10.1 Å². The average Bonchev–Trinajstić information content (AvgIpc) is 3.02. The summed E-state index contributed by atoms with van der Waals surface area (Å²) in [5.41, 5.74) is 0.509. The predicted octanol–water partition coefficient (Wildman–Crippen LogP) is 6.98. The van der Waals surface area contributed by atoms with Gasteiger partial charge in [0.05, 0.1) is 17.2 Å². The Morgan fingerprint density at radius 3 is 2.16 bits per heavy atom. The van der Waals surface area contributed by atoms with Gasteiger partial charge in [0.2, 0.25) is 11.8 Å². The molecule has 0 spiro atoms. The van der Waals surface area contributed by atoms with Crippen molar-refractivity contribution in [2.45, 2.75) is 75.9 Å². The van der Waals surface area contributed by atoms with Crippen LogP contribution in [0.1, 0.15) is 57.9 Å². The highest BCUT2D eigenvalue weighted by Crippen LogP contribution is 2.29. The number of amides is 2. The Balaban J connectivity index is 1.73. The first-order valence-corrected chi connectivity index (χ1v) is 17.3. The third kappa shape index (κ3) is 8.68. The van der Waals surface area contributed by atoms with Gasteiger partial charge in [-0.2, -0.15) is 0 Å². The Kier molecular flexibility index (Phi) is 12.1. The summed E-state index contributed by atoms with van der Waals surface area (Å²) in [6.45, 7) is 3.20. The van der Waals surface area contributed by atoms with E-state index in [4.69, 9.17) is 27.9 Å². The van der Waals surface area contributed by atoms with E-state index in [-0.39, 0.29) is 35.5 Å². The van der Waals surface area contributed by atoms with E-state index < -0.39 is 34.3 Å². The molecule has 1 N–H and O–H groups in total. The number of benzene rings is 3. The Labute approximate surface area is 274 Å². The zero-order valence-corrected chi connectivity index (χ0v) is 27.7. The van der Waals surface area contributed by atoms with Gasteiger partial charge in [-0.1, -0.05) is 55.5 Å². The smallest absolute Gasteiger partial charge is 0.264 e. The fourth-order valence-electron chi connectivity index (χ4n) is 5.46. The van der Waals surface area contributed by atoms with E-state index in [2.05, 4.69) is 5.32 Å². The number of halogens is 3. The lowest BCUT2D eigenvalue weighted by molar-refractivity contribution is -0.140. The number of anilines is 1. The number of nitrogens with one attached hydrogen (secondary N) is 1. The molecule has 0 heterocycles. The highest BCUT2D eigenvalue weighted by Gasteiger charge is 2.35. The van der Waals surface area contributed by atoms with Crippen molar-refractivity contribution in [3.8, 4) is 5.75 Å². The first-order chi connectivity index (χ1) is 21.5. The van der Waals surface area contributed by atoms with E-state index in [0.29, 0.717) is 28.0 Å². The average molecular weight is 679 g/mol. The third-order valence-electron chi connectivity index (χ3n) is 7.84. The number of hydrogen-bond donors (Lipinski definition) is 1. The minimum atomic E-state index is -4.34. The number of nitrogens with zero attached hydrogens (tertiary/aromatic N) is 2. The van der Waals surface area contributed by atoms with Crippen molar-refractivity contribution < 1.29 is 27.1 Å². The van der Waals surface area contributed by atoms with Crippen LogP contribution in [0.25, 0.3) is 0 Å². The Morgan fingerprint density at radius 2 is 1.58 bits per heavy atom. The number of ether oxygens (including phenoxy) is 1. The molecule has 45 heavy (non-hydrogen) atoms. The molecule has 1 saturated carbocycles. The van der Waals surface area contributed by atoms with Crippen molar-refractivity contribution in [2.75, 3.05) is 17.5 Å². The maximum absolute atomic E-state index is 14.3. The van der Waals surface area contributed by atoms with Gasteiger partial charge in [-0.15, -0.1) is 0 Å². The van der Waals surface area contributed by atoms with Crippen molar-refractivity contribution in [1.82, 2.24) is 10.2 Å². The second-order valence-electron chi connectivity index (χ2n) is 10.9. The van der Waals surface area contributed by atoms with Crippen LogP contribution in [0.3, 0.4) is 0 Å². The monoisotopic (exact) mass is 677 g/mol. The van der Waals surface area contributed by atoms with Crippen molar-refractivity contribution in [3.63, 3.8) is 0 Å². The van der Waals surface area contributed by atoms with Crippen LogP contribution in [-0.4, -0.2) is 50.4 Å². The topological polar surface area (TPSA) is 96.0 Å². The zero-order chi connectivity index (χ0) is 32.6. The van der Waals surface area contributed by atoms with Gasteiger partial charge in [0, 0.05) is 28.2 Å². The quantitative estimate of drug-likeness (QED) is 0.211. The number of carbonyl (C=O) groups is 2. The summed E-state index contributed by atoms with van der Waals surface area (Å²) in [6, 6.07) is 14.6. The van der Waals surface area contributed by atoms with Crippen LogP contribution in [0, 0.1) is 5.82 Å². The van der Waals surface area contributed by atoms with E-state index in [0.717, 1.165) is 48.5 Å². The van der Waals surface area contributed by atoms with E-state index in [1.54, 1.807) is 25.1 Å². The molecule has 0 radical (unpaired) electrons. The van der Waals surface area contributed by atoms with E-state index in [9.17, 15) is 22.4 Å². The molecule has 0 bridgehead atoms. The standard InChI is InChI=1S/C33H38Cl2FN3O5S/c1-3-31(33(41)37-24-9-6-5-7-10-24)38(21-28-29(34)11-8-12-30(28)35)32(40)22-39(25-15-13-23(36)14-16-25)45(42,43)27-19-17-26(18-20-27)44-4-2/h8,11-20,24,31H,3-7,9-10,21-22H2,1-2H3,(H,37,41)/t31-/m0/s1. The number of sulfonamides is 1. The molecule has 1 aliphatic carbocycles. The summed E-state index contributed by atoms with van der Waals surface area (Å²) in [4.78, 5) is 29.2. The maximum atomic E-state index is 14.3. The normalized spacial score (nSPS) is 14.4. The summed E-state index contributed by atoms with van der Waals surface area (Å²) in [5, 5.41) is 3.71. The summed E-state index contributed by atoms with van der Waals surface area (Å²) >= 11 is 13.0. The van der Waals surface area contributed by atoms with E-state index >= 15 is 0 Å². The maximum Gasteiger partial charge on any atom is 0.264 e. The summed E-state index contributed by atoms with van der Waals surface area (Å²) < 4.78 is 48.4. The van der Waals surface area contributed by atoms with Gasteiger partial charge in [-0.3, -0.25) is 13.9 Å². The summed E-state index contributed by atoms with van der Waals surface area (Å²) in [5.74, 6) is -1.07. The second-order valence-corrected chi connectivity index (χ2v) is 13.6. The summed E-state index contributed by atoms with van der Waals surface area (Å²) in [7, 11) is -4.34. The molecular weight excluding hydrogens is 640 g/mol. The van der Waals surface area contributed by atoms with Crippen molar-refractivity contribution in [3.05, 3.63) is 88.2 Å². The lowest BCUT2D eigenvalue weighted by atomic mass is 9.95. The van der Waals surface area contributed by atoms with Crippen LogP contribution in [-0.2, 0) is 26.2 Å².